The van der Waals surface area contributed by atoms with Gasteiger partial charge >= 0.3 is 0 Å². The highest BCUT2D eigenvalue weighted by molar-refractivity contribution is 7.92. The Morgan fingerprint density at radius 2 is 1.61 bits per heavy atom. The number of anilines is 1. The maximum Gasteiger partial charge on any atom is 0.264 e. The molecule has 0 aliphatic carbocycles. The number of benzene rings is 3. The molecule has 38 heavy (non-hydrogen) atoms. The lowest BCUT2D eigenvalue weighted by molar-refractivity contribution is -0.139. The van der Waals surface area contributed by atoms with Crippen molar-refractivity contribution in [3.8, 4) is 0 Å². The number of carbonyl (C=O) groups excluding carboxylic acids is 2. The fraction of sp³-hybridized carbons (Fsp3) is 0.310. The number of hydrogen-bond acceptors (Lipinski definition) is 4. The van der Waals surface area contributed by atoms with E-state index in [1.54, 1.807) is 44.2 Å². The summed E-state index contributed by atoms with van der Waals surface area (Å²) in [5.74, 6) is -0.814. The molecule has 0 aromatic heterocycles. The first-order valence-electron chi connectivity index (χ1n) is 12.5. The molecular formula is C29H34ClN3O4S. The lowest BCUT2D eigenvalue weighted by Gasteiger charge is -2.32. The second-order valence-corrected chi connectivity index (χ2v) is 11.5. The fourth-order valence-electron chi connectivity index (χ4n) is 3.98. The van der Waals surface area contributed by atoms with Crippen LogP contribution in [0.4, 0.5) is 5.69 Å². The van der Waals surface area contributed by atoms with E-state index in [-0.39, 0.29) is 17.3 Å². The molecule has 0 spiro atoms. The van der Waals surface area contributed by atoms with E-state index in [9.17, 15) is 18.0 Å². The molecule has 1 N–H and O–H groups in total. The highest BCUT2D eigenvalue weighted by atomic mass is 35.5. The van der Waals surface area contributed by atoms with Crippen LogP contribution in [0.3, 0.4) is 0 Å². The monoisotopic (exact) mass is 555 g/mol. The van der Waals surface area contributed by atoms with Gasteiger partial charge in [0.15, 0.2) is 0 Å². The number of amides is 2. The van der Waals surface area contributed by atoms with Crippen LogP contribution >= 0.6 is 11.6 Å². The van der Waals surface area contributed by atoms with Crippen molar-refractivity contribution in [3.05, 3.63) is 94.5 Å². The van der Waals surface area contributed by atoms with Gasteiger partial charge in [-0.3, -0.25) is 13.9 Å². The number of sulfonamides is 1. The molecule has 0 heterocycles. The van der Waals surface area contributed by atoms with Crippen LogP contribution in [-0.2, 0) is 26.2 Å². The third kappa shape index (κ3) is 6.94. The van der Waals surface area contributed by atoms with Gasteiger partial charge in [0, 0.05) is 18.1 Å². The van der Waals surface area contributed by atoms with Crippen molar-refractivity contribution in [1.29, 1.82) is 0 Å². The summed E-state index contributed by atoms with van der Waals surface area (Å²) in [6.45, 7) is 7.29. The van der Waals surface area contributed by atoms with E-state index in [2.05, 4.69) is 5.32 Å². The molecule has 7 nitrogen and oxygen atoms in total. The van der Waals surface area contributed by atoms with Gasteiger partial charge in [0.05, 0.1) is 10.6 Å². The van der Waals surface area contributed by atoms with E-state index in [4.69, 9.17) is 11.6 Å². The van der Waals surface area contributed by atoms with Crippen LogP contribution < -0.4 is 9.62 Å². The molecule has 0 radical (unpaired) electrons. The Balaban J connectivity index is 2.05. The van der Waals surface area contributed by atoms with E-state index >= 15 is 0 Å². The van der Waals surface area contributed by atoms with Crippen LogP contribution in [0.5, 0.6) is 0 Å². The van der Waals surface area contributed by atoms with Crippen LogP contribution in [0.15, 0.2) is 77.7 Å². The normalized spacial score (nSPS) is 12.0. The molecule has 0 fully saturated rings. The first-order valence-corrected chi connectivity index (χ1v) is 14.3. The Hall–Kier alpha value is -3.36. The van der Waals surface area contributed by atoms with Crippen molar-refractivity contribution in [2.24, 2.45) is 0 Å². The van der Waals surface area contributed by atoms with Crippen LogP contribution in [0.1, 0.15) is 37.0 Å². The maximum absolute atomic E-state index is 13.9. The number of rotatable bonds is 11. The molecule has 3 aromatic carbocycles. The second kappa shape index (κ2) is 12.9. The minimum absolute atomic E-state index is 0.0543. The van der Waals surface area contributed by atoms with Crippen molar-refractivity contribution in [2.45, 2.75) is 51.6 Å². The van der Waals surface area contributed by atoms with Crippen molar-refractivity contribution >= 4 is 39.1 Å². The zero-order chi connectivity index (χ0) is 27.9. The molecule has 0 saturated carbocycles. The van der Waals surface area contributed by atoms with Crippen LogP contribution in [-0.4, -0.2) is 44.3 Å². The van der Waals surface area contributed by atoms with E-state index in [0.29, 0.717) is 22.8 Å². The molecule has 3 rings (SSSR count). The summed E-state index contributed by atoms with van der Waals surface area (Å²) in [7, 11) is -4.15. The minimum Gasteiger partial charge on any atom is -0.354 e. The molecule has 0 saturated heterocycles. The Morgan fingerprint density at radius 1 is 0.947 bits per heavy atom. The highest BCUT2D eigenvalue weighted by Crippen LogP contribution is 2.31. The maximum atomic E-state index is 13.9. The molecule has 0 aliphatic heterocycles. The summed E-state index contributed by atoms with van der Waals surface area (Å²) in [6.07, 6.45) is 0.752. The van der Waals surface area contributed by atoms with E-state index in [0.717, 1.165) is 21.9 Å². The summed E-state index contributed by atoms with van der Waals surface area (Å²) in [6, 6.07) is 19.9. The van der Waals surface area contributed by atoms with Crippen molar-refractivity contribution in [2.75, 3.05) is 17.4 Å². The molecule has 9 heteroatoms. The first kappa shape index (κ1) is 29.2. The van der Waals surface area contributed by atoms with Crippen LogP contribution in [0, 0.1) is 13.8 Å². The number of nitrogens with one attached hydrogen (secondary N) is 1. The third-order valence-electron chi connectivity index (χ3n) is 6.31. The van der Waals surface area contributed by atoms with Gasteiger partial charge in [0.2, 0.25) is 11.8 Å². The quantitative estimate of drug-likeness (QED) is 0.357. The average molecular weight is 556 g/mol. The first-order chi connectivity index (χ1) is 18.1. The molecule has 2 amide bonds. The van der Waals surface area contributed by atoms with Crippen LogP contribution in [0.25, 0.3) is 0 Å². The Bertz CT molecular complexity index is 1360. The van der Waals surface area contributed by atoms with Gasteiger partial charge in [0.25, 0.3) is 10.0 Å². The van der Waals surface area contributed by atoms with Crippen LogP contribution in [0.2, 0.25) is 5.02 Å². The summed E-state index contributed by atoms with van der Waals surface area (Å²) < 4.78 is 28.9. The molecule has 0 aliphatic rings. The Kier molecular flexibility index (Phi) is 9.94. The lowest BCUT2D eigenvalue weighted by Crippen LogP contribution is -2.51. The van der Waals surface area contributed by atoms with Crippen molar-refractivity contribution in [1.82, 2.24) is 10.2 Å². The zero-order valence-corrected chi connectivity index (χ0v) is 23.7. The fourth-order valence-corrected chi connectivity index (χ4v) is 5.62. The van der Waals surface area contributed by atoms with E-state index in [1.807, 2.05) is 44.2 Å². The van der Waals surface area contributed by atoms with Gasteiger partial charge in [-0.2, -0.15) is 0 Å². The number of carbonyl (C=O) groups is 2. The zero-order valence-electron chi connectivity index (χ0n) is 22.1. The molecule has 0 bridgehead atoms. The van der Waals surface area contributed by atoms with E-state index < -0.39 is 28.5 Å². The third-order valence-corrected chi connectivity index (χ3v) is 8.49. The van der Waals surface area contributed by atoms with Crippen molar-refractivity contribution < 1.29 is 18.0 Å². The number of hydrogen-bond donors (Lipinski definition) is 1. The van der Waals surface area contributed by atoms with Crippen molar-refractivity contribution in [3.63, 3.8) is 0 Å². The molecule has 1 atom stereocenters. The molecule has 3 aromatic rings. The topological polar surface area (TPSA) is 86.8 Å². The highest BCUT2D eigenvalue weighted by Gasteiger charge is 2.33. The standard InChI is InChI=1S/C29H34ClN3O4S/c1-5-18-31-29(35)23(4)32(19-24-10-7-6-8-11-24)28(34)20-33(27-13-9-12-26(30)22(27)3)38(36,37)25-16-14-21(2)15-17-25/h6-17,23H,5,18-20H2,1-4H3,(H,31,35). The number of halogens is 1. The SMILES string of the molecule is CCCNC(=O)C(C)N(Cc1ccccc1)C(=O)CN(c1cccc(Cl)c1C)S(=O)(=O)c1ccc(C)cc1. The summed E-state index contributed by atoms with van der Waals surface area (Å²) in [5, 5.41) is 3.22. The number of nitrogens with zero attached hydrogens (tertiary/aromatic N) is 2. The van der Waals surface area contributed by atoms with Gasteiger partial charge in [-0.05, 0) is 62.6 Å². The van der Waals surface area contributed by atoms with Gasteiger partial charge in [-0.1, -0.05) is 72.6 Å². The second-order valence-electron chi connectivity index (χ2n) is 9.18. The van der Waals surface area contributed by atoms with Gasteiger partial charge in [0.1, 0.15) is 12.6 Å². The predicted molar refractivity (Wildman–Crippen MR) is 152 cm³/mol. The Labute approximate surface area is 230 Å². The summed E-state index contributed by atoms with van der Waals surface area (Å²) in [4.78, 5) is 28.2. The summed E-state index contributed by atoms with van der Waals surface area (Å²) >= 11 is 6.35. The van der Waals surface area contributed by atoms with Gasteiger partial charge < -0.3 is 10.2 Å². The van der Waals surface area contributed by atoms with Gasteiger partial charge in [-0.15, -0.1) is 0 Å². The smallest absolute Gasteiger partial charge is 0.264 e. The molecular weight excluding hydrogens is 522 g/mol. The molecule has 1 unspecified atom stereocenters. The average Bonchev–Trinajstić information content (AvgIpc) is 2.91. The summed E-state index contributed by atoms with van der Waals surface area (Å²) in [5.41, 5.74) is 2.56. The minimum atomic E-state index is -4.15. The Morgan fingerprint density at radius 3 is 2.24 bits per heavy atom. The largest absolute Gasteiger partial charge is 0.354 e. The molecule has 202 valence electrons. The van der Waals surface area contributed by atoms with E-state index in [1.165, 1.54) is 17.0 Å². The predicted octanol–water partition coefficient (Wildman–Crippen LogP) is 5.10. The number of aryl methyl sites for hydroxylation is 1. The van der Waals surface area contributed by atoms with Gasteiger partial charge in [-0.25, -0.2) is 8.42 Å². The lowest BCUT2D eigenvalue weighted by atomic mass is 10.1.